The van der Waals surface area contributed by atoms with E-state index < -0.39 is 139 Å². The van der Waals surface area contributed by atoms with Gasteiger partial charge in [-0.3, -0.25) is 54.5 Å². The van der Waals surface area contributed by atoms with Crippen LogP contribution < -0.4 is 0 Å². The Bertz CT molecular complexity index is 4250. The zero-order chi connectivity index (χ0) is 71.4. The number of aryl methyl sites for hydroxylation is 4. The lowest BCUT2D eigenvalue weighted by atomic mass is 10.1. The molecule has 0 saturated carbocycles. The highest BCUT2D eigenvalue weighted by molar-refractivity contribution is 8.08. The van der Waals surface area contributed by atoms with Crippen LogP contribution in [0, 0.1) is 27.7 Å². The Hall–Kier alpha value is -4.84. The molecule has 8 unspecified atom stereocenters. The lowest BCUT2D eigenvalue weighted by molar-refractivity contribution is -0.106. The summed E-state index contributed by atoms with van der Waals surface area (Å²) in [6.07, 6.45) is -2.59. The van der Waals surface area contributed by atoms with Gasteiger partial charge in [-0.1, -0.05) is 7.43 Å². The number of ether oxygens (including phenoxy) is 4. The Morgan fingerprint density at radius 2 is 0.663 bits per heavy atom. The molecular formula is C57H80N16O22P4S2. The minimum absolute atomic E-state index is 0. The van der Waals surface area contributed by atoms with Crippen LogP contribution >= 0.6 is 29.1 Å². The minimum atomic E-state index is -3.78. The van der Waals surface area contributed by atoms with Gasteiger partial charge in [-0.25, -0.2) is 68.9 Å². The fraction of sp³-hybridized carbons (Fsp3) is 0.649. The molecule has 0 aromatic carbocycles. The first kappa shape index (κ1) is 75.8. The summed E-state index contributed by atoms with van der Waals surface area (Å²) in [4.78, 5) is 50.6. The second-order valence-corrected chi connectivity index (χ2v) is 34.1. The zero-order valence-corrected chi connectivity index (χ0v) is 61.4. The molecule has 8 aliphatic heterocycles. The highest BCUT2D eigenvalue weighted by atomic mass is 32.5. The second kappa shape index (κ2) is 29.5. The van der Waals surface area contributed by atoms with Gasteiger partial charge >= 0.3 is 29.1 Å². The van der Waals surface area contributed by atoms with E-state index in [0.717, 1.165) is 22.8 Å². The van der Waals surface area contributed by atoms with Crippen molar-refractivity contribution in [2.75, 3.05) is 14.2 Å². The average Bonchev–Trinajstić information content (AvgIpc) is 1.62. The van der Waals surface area contributed by atoms with Crippen LogP contribution in [0.2, 0.25) is 0 Å². The number of aliphatic hydroxyl groups excluding tert-OH is 4. The SMILES string of the molecule is C.COP1(=O)OC(C)[C@H]2O[C@@H](n3cnc4c(C)ncnc43)[C@H](O)[C@@H]2O1.COP1(=S)OC(C)[C@H]2O[C@@H](n3cnc4c(C)ncnc43)[C@H](O)[C@@H]2O1.Cc1ncnc2c1ncn2[C@@H]1O[C@@H]2C(C)OP(=O)(OC(C)C)O[C@H]2[C@H]1O.Cc1ncnc2c1ncn2[C@@H]1O[C@@H]2C(C)OP(=S)(OC(C)C)O[C@H]2[C@H]1O. The maximum absolute atomic E-state index is 12.7. The van der Waals surface area contributed by atoms with E-state index in [2.05, 4.69) is 59.8 Å². The maximum atomic E-state index is 12.7. The summed E-state index contributed by atoms with van der Waals surface area (Å²) in [5.41, 5.74) is 7.78. The van der Waals surface area contributed by atoms with Crippen LogP contribution in [0.25, 0.3) is 44.7 Å². The van der Waals surface area contributed by atoms with Crippen molar-refractivity contribution in [2.24, 2.45) is 0 Å². The molecule has 0 radical (unpaired) electrons. The van der Waals surface area contributed by atoms with Gasteiger partial charge in [0.25, 0.3) is 0 Å². The Morgan fingerprint density at radius 1 is 0.386 bits per heavy atom. The monoisotopic (exact) mass is 1530 g/mol. The lowest BCUT2D eigenvalue weighted by Crippen LogP contribution is -2.44. The van der Waals surface area contributed by atoms with Crippen LogP contribution in [0.1, 0.15) is 111 Å². The number of phosphoric acid groups is 2. The molecule has 8 fully saturated rings. The van der Waals surface area contributed by atoms with E-state index in [-0.39, 0.29) is 31.8 Å². The first-order valence-corrected chi connectivity index (χ1v) is 39.7. The summed E-state index contributed by atoms with van der Waals surface area (Å²) >= 11 is 10.7. The third-order valence-electron chi connectivity index (χ3n) is 17.4. The highest BCUT2D eigenvalue weighted by Gasteiger charge is 2.60. The van der Waals surface area contributed by atoms with Crippen LogP contribution in [-0.2, 0) is 106 Å². The normalized spacial score (nSPS) is 37.9. The van der Waals surface area contributed by atoms with Crippen molar-refractivity contribution in [1.29, 1.82) is 0 Å². The van der Waals surface area contributed by atoms with Crippen molar-refractivity contribution >= 4 is 97.4 Å². The number of nitrogens with zero attached hydrogens (tertiary/aromatic N) is 16. The van der Waals surface area contributed by atoms with Crippen molar-refractivity contribution in [3.8, 4) is 0 Å². The Labute approximate surface area is 588 Å². The van der Waals surface area contributed by atoms with E-state index in [1.54, 1.807) is 58.6 Å². The van der Waals surface area contributed by atoms with Crippen molar-refractivity contribution < 1.29 is 103 Å². The van der Waals surface area contributed by atoms with Crippen molar-refractivity contribution in [3.63, 3.8) is 0 Å². The number of aliphatic hydroxyl groups is 4. The molecule has 8 aromatic heterocycles. The van der Waals surface area contributed by atoms with Gasteiger partial charge < -0.3 is 57.5 Å². The van der Waals surface area contributed by atoms with Gasteiger partial charge in [0.2, 0.25) is 0 Å². The Morgan fingerprint density at radius 3 is 0.970 bits per heavy atom. The van der Waals surface area contributed by atoms with E-state index in [1.165, 1.54) is 52.2 Å². The molecule has 101 heavy (non-hydrogen) atoms. The zero-order valence-electron chi connectivity index (χ0n) is 56.2. The standard InChI is InChI=1S/C15H21N4O6P.C15H21N4O5PS.C13H17N4O6P.C13H17N4O5PS.CH4/c1-7(2)23-26(21)24-9(4)12-13(25-26)11(20)15(22-12)19-6-18-10-8(3)16-5-17-14(10)19;1-7(2)22-25(26)23-9(4)12-13(24-25)11(20)15(21-12)19-6-18-10-8(3)16-5-17-14(10)19;1-6-8-12(15-4-14-6)17(5-16-8)13-9(18)11-10(21-13)7(2)22-24(19,20-3)23-11;1-6-8-12(15-4-14-6)17(5-16-8)13-9(18)11-10(20-13)7(2)21-23(24,19-3)22-11;/h2*5-7,9,11-13,15,20H,1-4H3;2*4-5,7,9-11,13,18H,1-3H3;1H4/t9?,11-,12-,13+,15-,26?;9?,11-,12-,13+,15-,25?;7?,9-,10-,11+,13-,24?;7?,9-,10-,11+,13-,23?;/m1111./s1. The predicted molar refractivity (Wildman–Crippen MR) is 359 cm³/mol. The molecule has 8 aromatic rings. The topological polar surface area (TPSA) is 437 Å². The van der Waals surface area contributed by atoms with Crippen molar-refractivity contribution in [3.05, 3.63) is 73.4 Å². The van der Waals surface area contributed by atoms with Gasteiger partial charge in [-0.05, 0) is 107 Å². The number of hydrogen-bond acceptors (Lipinski definition) is 36. The van der Waals surface area contributed by atoms with E-state index in [1.807, 2.05) is 55.4 Å². The molecule has 0 amide bonds. The van der Waals surface area contributed by atoms with E-state index in [4.69, 9.17) is 96.8 Å². The number of rotatable bonds is 10. The number of aromatic nitrogens is 16. The molecule has 552 valence electrons. The van der Waals surface area contributed by atoms with Gasteiger partial charge in [0.15, 0.2) is 47.5 Å². The van der Waals surface area contributed by atoms with Crippen LogP contribution in [0.3, 0.4) is 0 Å². The van der Waals surface area contributed by atoms with Crippen LogP contribution in [0.15, 0.2) is 50.6 Å². The van der Waals surface area contributed by atoms with Gasteiger partial charge in [0, 0.05) is 14.2 Å². The molecule has 4 N–H and O–H groups in total. The second-order valence-electron chi connectivity index (χ2n) is 25.0. The van der Waals surface area contributed by atoms with Gasteiger partial charge in [-0.2, -0.15) is 0 Å². The number of imidazole rings is 4. The summed E-state index contributed by atoms with van der Waals surface area (Å²) < 4.78 is 121. The fourth-order valence-corrected chi connectivity index (χ4v) is 20.8. The molecule has 16 heterocycles. The van der Waals surface area contributed by atoms with E-state index in [9.17, 15) is 29.6 Å². The Balaban J connectivity index is 0.000000127. The molecule has 0 bridgehead atoms. The fourth-order valence-electron chi connectivity index (χ4n) is 12.8. The molecule has 8 aliphatic rings. The van der Waals surface area contributed by atoms with Crippen LogP contribution in [-0.4, -0.2) is 223 Å². The first-order chi connectivity index (χ1) is 47.4. The molecule has 16 rings (SSSR count). The van der Waals surface area contributed by atoms with Gasteiger partial charge in [-0.15, -0.1) is 0 Å². The first-order valence-electron chi connectivity index (χ1n) is 31.7. The number of phosphoric ester groups is 2. The summed E-state index contributed by atoms with van der Waals surface area (Å²) in [5.74, 6) is 0. The Kier molecular flexibility index (Phi) is 22.1. The van der Waals surface area contributed by atoms with Crippen LogP contribution in [0.5, 0.6) is 0 Å². The third kappa shape index (κ3) is 14.4. The van der Waals surface area contributed by atoms with Crippen molar-refractivity contribution in [1.82, 2.24) is 78.1 Å². The summed E-state index contributed by atoms with van der Waals surface area (Å²) in [7, 11) is -4.82. The molecule has 38 nitrogen and oxygen atoms in total. The molecule has 24 atom stereocenters. The minimum Gasteiger partial charge on any atom is -0.386 e. The average molecular weight is 1530 g/mol. The van der Waals surface area contributed by atoms with Gasteiger partial charge in [0.05, 0.1) is 84.7 Å². The predicted octanol–water partition coefficient (Wildman–Crippen LogP) is 6.23. The van der Waals surface area contributed by atoms with Crippen molar-refractivity contribution in [2.45, 2.75) is 225 Å². The molecule has 0 aliphatic carbocycles. The molecular weight excluding hydrogens is 1450 g/mol. The number of fused-ring (bicyclic) bond motifs is 8. The third-order valence-corrected chi connectivity index (χ3v) is 25.8. The smallest absolute Gasteiger partial charge is 0.386 e. The summed E-state index contributed by atoms with van der Waals surface area (Å²) in [6, 6.07) is 0. The molecule has 0 spiro atoms. The molecule has 8 saturated heterocycles. The van der Waals surface area contributed by atoms with E-state index >= 15 is 0 Å². The van der Waals surface area contributed by atoms with Crippen LogP contribution in [0.4, 0.5) is 0 Å². The molecule has 44 heteroatoms. The quantitative estimate of drug-likeness (QED) is 0.110. The summed E-state index contributed by atoms with van der Waals surface area (Å²) in [6.45, 7) is 15.8. The maximum Gasteiger partial charge on any atom is 0.475 e. The number of hydrogen-bond donors (Lipinski definition) is 4. The van der Waals surface area contributed by atoms with Gasteiger partial charge in [0.1, 0.15) is 121 Å². The highest BCUT2D eigenvalue weighted by Crippen LogP contribution is 2.63. The lowest BCUT2D eigenvalue weighted by Gasteiger charge is -2.38. The van der Waals surface area contributed by atoms with E-state index in [0.29, 0.717) is 44.7 Å². The summed E-state index contributed by atoms with van der Waals surface area (Å²) in [5, 5.41) is 43.1. The largest absolute Gasteiger partial charge is 0.475 e.